The van der Waals surface area contributed by atoms with Gasteiger partial charge in [-0.3, -0.25) is 5.10 Å². The van der Waals surface area contributed by atoms with Crippen LogP contribution in [0.15, 0.2) is 18.2 Å². The predicted molar refractivity (Wildman–Crippen MR) is 51.7 cm³/mol. The molecule has 68 valence electrons. The molecule has 0 saturated heterocycles. The summed E-state index contributed by atoms with van der Waals surface area (Å²) in [5.41, 5.74) is 6.52. The molecule has 4 nitrogen and oxygen atoms in total. The Kier molecular flexibility index (Phi) is 1.81. The summed E-state index contributed by atoms with van der Waals surface area (Å²) >= 11 is 0. The Morgan fingerprint density at radius 1 is 1.54 bits per heavy atom. The first-order valence-corrected chi connectivity index (χ1v) is 4.17. The van der Waals surface area contributed by atoms with Crippen LogP contribution in [0.5, 0.6) is 5.75 Å². The number of rotatable bonds is 2. The molecule has 1 aromatic carbocycles. The maximum Gasteiger partial charge on any atom is 0.153 e. The fraction of sp³-hybridized carbons (Fsp3) is 0.222. The van der Waals surface area contributed by atoms with Crippen LogP contribution in [-0.2, 0) is 0 Å². The fourth-order valence-corrected chi connectivity index (χ4v) is 1.28. The van der Waals surface area contributed by atoms with Gasteiger partial charge in [0.15, 0.2) is 5.82 Å². The van der Waals surface area contributed by atoms with Crippen LogP contribution < -0.4 is 10.5 Å². The number of fused-ring (bicyclic) bond motifs is 1. The first kappa shape index (κ1) is 7.91. The molecule has 1 aromatic heterocycles. The average Bonchev–Trinajstić information content (AvgIpc) is 2.48. The highest BCUT2D eigenvalue weighted by Crippen LogP contribution is 2.22. The maximum absolute atomic E-state index is 5.62. The lowest BCUT2D eigenvalue weighted by Crippen LogP contribution is -1.90. The highest BCUT2D eigenvalue weighted by atomic mass is 16.5. The third kappa shape index (κ3) is 1.30. The number of hydrogen-bond acceptors (Lipinski definition) is 3. The van der Waals surface area contributed by atoms with Crippen LogP contribution in [0.2, 0.25) is 0 Å². The van der Waals surface area contributed by atoms with Crippen molar-refractivity contribution in [1.29, 1.82) is 0 Å². The minimum Gasteiger partial charge on any atom is -0.494 e. The predicted octanol–water partition coefficient (Wildman–Crippen LogP) is 1.54. The third-order valence-corrected chi connectivity index (χ3v) is 1.87. The van der Waals surface area contributed by atoms with Crippen molar-refractivity contribution >= 4 is 16.7 Å². The molecule has 0 aliphatic carbocycles. The van der Waals surface area contributed by atoms with Gasteiger partial charge in [-0.15, -0.1) is 0 Å². The molecule has 0 saturated carbocycles. The van der Waals surface area contributed by atoms with Gasteiger partial charge in [0, 0.05) is 11.5 Å². The van der Waals surface area contributed by atoms with E-state index in [9.17, 15) is 0 Å². The van der Waals surface area contributed by atoms with Gasteiger partial charge >= 0.3 is 0 Å². The largest absolute Gasteiger partial charge is 0.494 e. The van der Waals surface area contributed by atoms with E-state index < -0.39 is 0 Å². The van der Waals surface area contributed by atoms with E-state index in [1.54, 1.807) is 0 Å². The lowest BCUT2D eigenvalue weighted by atomic mass is 10.2. The number of benzene rings is 1. The molecular formula is C9H11N3O. The Bertz CT molecular complexity index is 422. The molecule has 13 heavy (non-hydrogen) atoms. The standard InChI is InChI=1S/C9H11N3O/c1-2-13-6-3-4-7-8(5-6)11-12-9(7)10/h3-5H,2H2,1H3,(H3,10,11,12). The summed E-state index contributed by atoms with van der Waals surface area (Å²) in [7, 11) is 0. The number of aromatic nitrogens is 2. The third-order valence-electron chi connectivity index (χ3n) is 1.87. The Morgan fingerprint density at radius 3 is 3.15 bits per heavy atom. The second-order valence-corrected chi connectivity index (χ2v) is 2.75. The lowest BCUT2D eigenvalue weighted by Gasteiger charge is -2.01. The zero-order valence-corrected chi connectivity index (χ0v) is 7.37. The Hall–Kier alpha value is -1.71. The van der Waals surface area contributed by atoms with Crippen molar-refractivity contribution in [2.45, 2.75) is 6.92 Å². The van der Waals surface area contributed by atoms with E-state index in [0.717, 1.165) is 16.7 Å². The zero-order chi connectivity index (χ0) is 9.26. The van der Waals surface area contributed by atoms with Crippen LogP contribution in [0.25, 0.3) is 10.9 Å². The van der Waals surface area contributed by atoms with Crippen LogP contribution in [0, 0.1) is 0 Å². The highest BCUT2D eigenvalue weighted by Gasteiger charge is 2.02. The Morgan fingerprint density at radius 2 is 2.38 bits per heavy atom. The molecule has 0 atom stereocenters. The van der Waals surface area contributed by atoms with Gasteiger partial charge in [0.1, 0.15) is 5.75 Å². The van der Waals surface area contributed by atoms with Crippen LogP contribution in [-0.4, -0.2) is 16.8 Å². The van der Waals surface area contributed by atoms with Gasteiger partial charge in [-0.25, -0.2) is 0 Å². The van der Waals surface area contributed by atoms with Gasteiger partial charge in [0.05, 0.1) is 12.1 Å². The SMILES string of the molecule is CCOc1ccc2c(N)n[nH]c2c1. The van der Waals surface area contributed by atoms with E-state index in [2.05, 4.69) is 10.2 Å². The second kappa shape index (κ2) is 2.97. The molecule has 0 aliphatic rings. The van der Waals surface area contributed by atoms with Crippen LogP contribution in [0.4, 0.5) is 5.82 Å². The van der Waals surface area contributed by atoms with E-state index in [4.69, 9.17) is 10.5 Å². The van der Waals surface area contributed by atoms with Crippen molar-refractivity contribution in [2.24, 2.45) is 0 Å². The van der Waals surface area contributed by atoms with E-state index in [1.165, 1.54) is 0 Å². The first-order chi connectivity index (χ1) is 6.31. The first-order valence-electron chi connectivity index (χ1n) is 4.17. The van der Waals surface area contributed by atoms with E-state index in [1.807, 2.05) is 25.1 Å². The fourth-order valence-electron chi connectivity index (χ4n) is 1.28. The summed E-state index contributed by atoms with van der Waals surface area (Å²) in [4.78, 5) is 0. The number of hydrogen-bond donors (Lipinski definition) is 2. The zero-order valence-electron chi connectivity index (χ0n) is 7.37. The summed E-state index contributed by atoms with van der Waals surface area (Å²) in [5, 5.41) is 7.66. The molecule has 0 spiro atoms. The van der Waals surface area contributed by atoms with Crippen molar-refractivity contribution in [3.63, 3.8) is 0 Å². The second-order valence-electron chi connectivity index (χ2n) is 2.75. The van der Waals surface area contributed by atoms with Gasteiger partial charge in [-0.05, 0) is 19.1 Å². The van der Waals surface area contributed by atoms with Crippen molar-refractivity contribution in [2.75, 3.05) is 12.3 Å². The summed E-state index contributed by atoms with van der Waals surface area (Å²) in [6.45, 7) is 2.61. The molecule has 4 heteroatoms. The van der Waals surface area contributed by atoms with Crippen molar-refractivity contribution in [3.8, 4) is 5.75 Å². The number of nitrogens with zero attached hydrogens (tertiary/aromatic N) is 1. The number of nitrogen functional groups attached to an aromatic ring is 1. The molecule has 0 radical (unpaired) electrons. The molecule has 3 N–H and O–H groups in total. The van der Waals surface area contributed by atoms with Crippen LogP contribution in [0.1, 0.15) is 6.92 Å². The lowest BCUT2D eigenvalue weighted by molar-refractivity contribution is 0.340. The Balaban J connectivity index is 2.50. The number of ether oxygens (including phenoxy) is 1. The normalized spacial score (nSPS) is 10.5. The van der Waals surface area contributed by atoms with Crippen molar-refractivity contribution in [1.82, 2.24) is 10.2 Å². The molecule has 0 aliphatic heterocycles. The maximum atomic E-state index is 5.62. The number of nitrogens with two attached hydrogens (primary N) is 1. The minimum atomic E-state index is 0.526. The number of nitrogens with one attached hydrogen (secondary N) is 1. The van der Waals surface area contributed by atoms with Gasteiger partial charge in [-0.2, -0.15) is 5.10 Å². The topological polar surface area (TPSA) is 63.9 Å². The minimum absolute atomic E-state index is 0.526. The van der Waals surface area contributed by atoms with Crippen molar-refractivity contribution in [3.05, 3.63) is 18.2 Å². The van der Waals surface area contributed by atoms with Gasteiger partial charge < -0.3 is 10.5 Å². The van der Waals surface area contributed by atoms with Gasteiger partial charge in [-0.1, -0.05) is 0 Å². The monoisotopic (exact) mass is 177 g/mol. The molecule has 0 bridgehead atoms. The van der Waals surface area contributed by atoms with Gasteiger partial charge in [0.25, 0.3) is 0 Å². The molecular weight excluding hydrogens is 166 g/mol. The molecule has 0 amide bonds. The summed E-state index contributed by atoms with van der Waals surface area (Å²) in [5.74, 6) is 1.36. The van der Waals surface area contributed by atoms with Gasteiger partial charge in [0.2, 0.25) is 0 Å². The number of H-pyrrole nitrogens is 1. The molecule has 1 heterocycles. The number of anilines is 1. The molecule has 0 unspecified atom stereocenters. The molecule has 2 aromatic rings. The molecule has 0 fully saturated rings. The van der Waals surface area contributed by atoms with Crippen LogP contribution in [0.3, 0.4) is 0 Å². The summed E-state index contributed by atoms with van der Waals surface area (Å²) in [6.07, 6.45) is 0. The van der Waals surface area contributed by atoms with Crippen molar-refractivity contribution < 1.29 is 4.74 Å². The van der Waals surface area contributed by atoms with Crippen LogP contribution >= 0.6 is 0 Å². The number of aromatic amines is 1. The highest BCUT2D eigenvalue weighted by molar-refractivity contribution is 5.89. The van der Waals surface area contributed by atoms with E-state index in [-0.39, 0.29) is 0 Å². The van der Waals surface area contributed by atoms with E-state index >= 15 is 0 Å². The summed E-state index contributed by atoms with van der Waals surface area (Å²) in [6, 6.07) is 5.68. The quantitative estimate of drug-likeness (QED) is 0.731. The smallest absolute Gasteiger partial charge is 0.153 e. The average molecular weight is 177 g/mol. The van der Waals surface area contributed by atoms with E-state index in [0.29, 0.717) is 12.4 Å². The summed E-state index contributed by atoms with van der Waals surface area (Å²) < 4.78 is 5.33. The Labute approximate surface area is 75.7 Å². The molecule has 2 rings (SSSR count).